The average Bonchev–Trinajstić information content (AvgIpc) is 3.06. The Balaban J connectivity index is 1.33. The van der Waals surface area contributed by atoms with Gasteiger partial charge in [0, 0.05) is 44.3 Å². The number of nitrogens with two attached hydrogens (primary N) is 1. The highest BCUT2D eigenvalue weighted by atomic mass is 16.5. The van der Waals surface area contributed by atoms with E-state index in [1.807, 2.05) is 26.0 Å². The van der Waals surface area contributed by atoms with Crippen molar-refractivity contribution in [2.24, 2.45) is 5.73 Å². The fourth-order valence-corrected chi connectivity index (χ4v) is 4.52. The van der Waals surface area contributed by atoms with Gasteiger partial charge in [0.25, 0.3) is 5.91 Å². The maximum Gasteiger partial charge on any atom is 0.255 e. The first-order valence-corrected chi connectivity index (χ1v) is 10.6. The molecule has 5 nitrogen and oxygen atoms in total. The number of likely N-dealkylation sites (tertiary alicyclic amines) is 1. The molecule has 2 aliphatic rings. The fourth-order valence-electron chi connectivity index (χ4n) is 4.52. The van der Waals surface area contributed by atoms with Gasteiger partial charge in [-0.15, -0.1) is 0 Å². The number of carbonyl (C=O) groups excluding carboxylic acids is 1. The van der Waals surface area contributed by atoms with Crippen molar-refractivity contribution in [1.82, 2.24) is 9.80 Å². The van der Waals surface area contributed by atoms with Crippen LogP contribution in [0.25, 0.3) is 0 Å². The zero-order valence-electron chi connectivity index (χ0n) is 17.4. The van der Waals surface area contributed by atoms with E-state index >= 15 is 0 Å². The average molecular weight is 394 g/mol. The van der Waals surface area contributed by atoms with Crippen LogP contribution in [0.2, 0.25) is 0 Å². The van der Waals surface area contributed by atoms with E-state index in [4.69, 9.17) is 10.5 Å². The van der Waals surface area contributed by atoms with Gasteiger partial charge >= 0.3 is 0 Å². The van der Waals surface area contributed by atoms with Crippen molar-refractivity contribution < 1.29 is 9.53 Å². The van der Waals surface area contributed by atoms with Crippen LogP contribution < -0.4 is 10.5 Å². The second-order valence-electron chi connectivity index (χ2n) is 8.41. The maximum absolute atomic E-state index is 13.0. The summed E-state index contributed by atoms with van der Waals surface area (Å²) in [5.74, 6) is 1.09. The molecule has 0 aromatic heterocycles. The Morgan fingerprint density at radius 3 is 2.48 bits per heavy atom. The molecule has 4 rings (SSSR count). The van der Waals surface area contributed by atoms with Crippen LogP contribution in [0.15, 0.2) is 42.5 Å². The van der Waals surface area contributed by atoms with Crippen LogP contribution in [-0.4, -0.2) is 40.9 Å². The quantitative estimate of drug-likeness (QED) is 0.815. The van der Waals surface area contributed by atoms with Crippen molar-refractivity contribution in [3.63, 3.8) is 0 Å². The van der Waals surface area contributed by atoms with Crippen LogP contribution in [0, 0.1) is 0 Å². The van der Waals surface area contributed by atoms with E-state index in [9.17, 15) is 4.79 Å². The first-order chi connectivity index (χ1) is 14.0. The third-order valence-corrected chi connectivity index (χ3v) is 5.97. The lowest BCUT2D eigenvalue weighted by Crippen LogP contribution is -2.44. The van der Waals surface area contributed by atoms with Crippen molar-refractivity contribution in [2.75, 3.05) is 13.1 Å². The van der Waals surface area contributed by atoms with Crippen molar-refractivity contribution in [2.45, 2.75) is 58.5 Å². The third kappa shape index (κ3) is 4.31. The molecule has 2 N–H and O–H groups in total. The lowest BCUT2D eigenvalue weighted by Gasteiger charge is -2.36. The molecule has 154 valence electrons. The molecule has 1 fully saturated rings. The van der Waals surface area contributed by atoms with Gasteiger partial charge < -0.3 is 15.4 Å². The molecule has 2 heterocycles. The van der Waals surface area contributed by atoms with Gasteiger partial charge in [-0.2, -0.15) is 0 Å². The lowest BCUT2D eigenvalue weighted by atomic mass is 10.0. The molecular formula is C24H31N3O2. The van der Waals surface area contributed by atoms with Crippen LogP contribution >= 0.6 is 0 Å². The number of hydrogen-bond acceptors (Lipinski definition) is 4. The van der Waals surface area contributed by atoms with Gasteiger partial charge in [-0.1, -0.05) is 30.3 Å². The summed E-state index contributed by atoms with van der Waals surface area (Å²) in [6, 6.07) is 14.8. The molecule has 0 bridgehead atoms. The second-order valence-corrected chi connectivity index (χ2v) is 8.41. The molecule has 0 aliphatic carbocycles. The molecule has 0 radical (unpaired) electrons. The molecule has 0 spiro atoms. The SMILES string of the molecule is CC(C)Oc1ccc(CN2CCC(N3Cc4cccc(CN)c4C3=O)CC2)cc1. The predicted molar refractivity (Wildman–Crippen MR) is 115 cm³/mol. The summed E-state index contributed by atoms with van der Waals surface area (Å²) in [6.45, 7) is 8.20. The molecule has 5 heteroatoms. The van der Waals surface area contributed by atoms with E-state index in [1.54, 1.807) is 0 Å². The Morgan fingerprint density at radius 1 is 1.10 bits per heavy atom. The topological polar surface area (TPSA) is 58.8 Å². The summed E-state index contributed by atoms with van der Waals surface area (Å²) in [7, 11) is 0. The van der Waals surface area contributed by atoms with Gasteiger partial charge in [0.05, 0.1) is 6.10 Å². The van der Waals surface area contributed by atoms with Crippen LogP contribution in [0.5, 0.6) is 5.75 Å². The van der Waals surface area contributed by atoms with Gasteiger partial charge in [0.2, 0.25) is 0 Å². The number of amides is 1. The van der Waals surface area contributed by atoms with E-state index < -0.39 is 0 Å². The van der Waals surface area contributed by atoms with E-state index in [1.165, 1.54) is 5.56 Å². The molecule has 0 saturated carbocycles. The molecule has 0 atom stereocenters. The predicted octanol–water partition coefficient (Wildman–Crippen LogP) is 3.55. The van der Waals surface area contributed by atoms with Crippen LogP contribution in [-0.2, 0) is 19.6 Å². The summed E-state index contributed by atoms with van der Waals surface area (Å²) in [6.07, 6.45) is 2.23. The van der Waals surface area contributed by atoms with Gasteiger partial charge in [-0.3, -0.25) is 9.69 Å². The molecule has 2 aromatic carbocycles. The number of ether oxygens (including phenoxy) is 1. The summed E-state index contributed by atoms with van der Waals surface area (Å²) in [5.41, 5.74) is 10.1. The second kappa shape index (κ2) is 8.56. The molecular weight excluding hydrogens is 362 g/mol. The summed E-state index contributed by atoms with van der Waals surface area (Å²) in [4.78, 5) is 17.6. The van der Waals surface area contributed by atoms with Gasteiger partial charge in [0.15, 0.2) is 0 Å². The van der Waals surface area contributed by atoms with Crippen LogP contribution in [0.4, 0.5) is 0 Å². The lowest BCUT2D eigenvalue weighted by molar-refractivity contribution is 0.0589. The zero-order chi connectivity index (χ0) is 20.4. The minimum absolute atomic E-state index is 0.167. The zero-order valence-corrected chi connectivity index (χ0v) is 17.4. The van der Waals surface area contributed by atoms with Gasteiger partial charge in [-0.05, 0) is 55.5 Å². The Kier molecular flexibility index (Phi) is 5.88. The number of fused-ring (bicyclic) bond motifs is 1. The van der Waals surface area contributed by atoms with E-state index in [0.29, 0.717) is 12.6 Å². The molecule has 1 saturated heterocycles. The minimum atomic E-state index is 0.167. The van der Waals surface area contributed by atoms with Crippen molar-refractivity contribution in [1.29, 1.82) is 0 Å². The number of benzene rings is 2. The van der Waals surface area contributed by atoms with Gasteiger partial charge in [-0.25, -0.2) is 0 Å². The number of nitrogens with zero attached hydrogens (tertiary/aromatic N) is 2. The van der Waals surface area contributed by atoms with Crippen LogP contribution in [0.1, 0.15) is 53.7 Å². The number of piperidine rings is 1. The number of hydrogen-bond donors (Lipinski definition) is 1. The Morgan fingerprint density at radius 2 is 1.83 bits per heavy atom. The smallest absolute Gasteiger partial charge is 0.255 e. The monoisotopic (exact) mass is 393 g/mol. The molecule has 0 unspecified atom stereocenters. The molecule has 2 aromatic rings. The van der Waals surface area contributed by atoms with E-state index in [-0.39, 0.29) is 12.0 Å². The summed E-state index contributed by atoms with van der Waals surface area (Å²) >= 11 is 0. The molecule has 1 amide bonds. The van der Waals surface area contributed by atoms with Crippen molar-refractivity contribution >= 4 is 5.91 Å². The molecule has 2 aliphatic heterocycles. The highest BCUT2D eigenvalue weighted by molar-refractivity contribution is 6.00. The standard InChI is InChI=1S/C24H31N3O2/c1-17(2)29-22-8-6-18(7-9-22)15-26-12-10-21(11-13-26)27-16-20-5-3-4-19(14-25)23(20)24(27)28/h3-9,17,21H,10-16,25H2,1-2H3. The normalized spacial score (nSPS) is 17.8. The molecule has 29 heavy (non-hydrogen) atoms. The summed E-state index contributed by atoms with van der Waals surface area (Å²) in [5, 5.41) is 0. The van der Waals surface area contributed by atoms with Gasteiger partial charge in [0.1, 0.15) is 5.75 Å². The highest BCUT2D eigenvalue weighted by Crippen LogP contribution is 2.31. The largest absolute Gasteiger partial charge is 0.491 e. The minimum Gasteiger partial charge on any atom is -0.491 e. The number of carbonyl (C=O) groups is 1. The van der Waals surface area contributed by atoms with Crippen molar-refractivity contribution in [3.8, 4) is 5.75 Å². The van der Waals surface area contributed by atoms with E-state index in [0.717, 1.165) is 61.5 Å². The number of rotatable bonds is 6. The Bertz CT molecular complexity index is 855. The highest BCUT2D eigenvalue weighted by Gasteiger charge is 2.35. The summed E-state index contributed by atoms with van der Waals surface area (Å²) < 4.78 is 5.72. The van der Waals surface area contributed by atoms with Crippen molar-refractivity contribution in [3.05, 3.63) is 64.7 Å². The first kappa shape index (κ1) is 19.9. The van der Waals surface area contributed by atoms with E-state index in [2.05, 4.69) is 40.1 Å². The Hall–Kier alpha value is -2.37. The first-order valence-electron chi connectivity index (χ1n) is 10.6. The Labute approximate surface area is 173 Å². The fraction of sp³-hybridized carbons (Fsp3) is 0.458. The van der Waals surface area contributed by atoms with Crippen LogP contribution in [0.3, 0.4) is 0 Å². The third-order valence-electron chi connectivity index (χ3n) is 5.97. The maximum atomic E-state index is 13.0.